The van der Waals surface area contributed by atoms with Gasteiger partial charge in [-0.25, -0.2) is 4.68 Å². The summed E-state index contributed by atoms with van der Waals surface area (Å²) in [6, 6.07) is 17.3. The van der Waals surface area contributed by atoms with E-state index in [1.165, 1.54) is 0 Å². The van der Waals surface area contributed by atoms with Gasteiger partial charge in [-0.2, -0.15) is 5.10 Å². The van der Waals surface area contributed by atoms with Crippen molar-refractivity contribution in [1.29, 1.82) is 0 Å². The summed E-state index contributed by atoms with van der Waals surface area (Å²) in [4.78, 5) is 12.6. The fourth-order valence-electron chi connectivity index (χ4n) is 2.56. The summed E-state index contributed by atoms with van der Waals surface area (Å²) in [6.45, 7) is 3.87. The van der Waals surface area contributed by atoms with Gasteiger partial charge in [-0.1, -0.05) is 18.2 Å². The van der Waals surface area contributed by atoms with Gasteiger partial charge in [0.25, 0.3) is 5.91 Å². The number of hydrogen-bond acceptors (Lipinski definition) is 3. The molecule has 5 nitrogen and oxygen atoms in total. The van der Waals surface area contributed by atoms with Gasteiger partial charge in [0.1, 0.15) is 11.4 Å². The van der Waals surface area contributed by atoms with Gasteiger partial charge in [0, 0.05) is 17.8 Å². The van der Waals surface area contributed by atoms with Crippen molar-refractivity contribution in [3.8, 4) is 22.7 Å². The SMILES string of the molecule is COc1ccc(-c2nn(-c3ccccc3)cc2C(=O)NC(C)C)cc1. The van der Waals surface area contributed by atoms with Crippen molar-refractivity contribution in [2.75, 3.05) is 7.11 Å². The van der Waals surface area contributed by atoms with E-state index in [2.05, 4.69) is 10.4 Å². The molecule has 1 amide bonds. The van der Waals surface area contributed by atoms with Crippen molar-refractivity contribution in [2.24, 2.45) is 0 Å². The second kappa shape index (κ2) is 7.21. The van der Waals surface area contributed by atoms with Crippen LogP contribution in [-0.2, 0) is 0 Å². The molecule has 0 spiro atoms. The molecule has 0 unspecified atom stereocenters. The minimum atomic E-state index is -0.136. The molecule has 0 radical (unpaired) electrons. The van der Waals surface area contributed by atoms with Gasteiger partial charge in [0.15, 0.2) is 0 Å². The molecule has 128 valence electrons. The van der Waals surface area contributed by atoms with Crippen molar-refractivity contribution in [3.05, 3.63) is 66.4 Å². The Hall–Kier alpha value is -3.08. The predicted molar refractivity (Wildman–Crippen MR) is 98.2 cm³/mol. The highest BCUT2D eigenvalue weighted by molar-refractivity contribution is 6.00. The zero-order chi connectivity index (χ0) is 17.8. The van der Waals surface area contributed by atoms with E-state index in [4.69, 9.17) is 4.74 Å². The topological polar surface area (TPSA) is 56.2 Å². The zero-order valence-electron chi connectivity index (χ0n) is 14.6. The second-order valence-corrected chi connectivity index (χ2v) is 6.03. The highest BCUT2D eigenvalue weighted by Crippen LogP contribution is 2.26. The van der Waals surface area contributed by atoms with E-state index in [1.54, 1.807) is 18.0 Å². The van der Waals surface area contributed by atoms with Gasteiger partial charge in [-0.3, -0.25) is 4.79 Å². The minimum absolute atomic E-state index is 0.0521. The van der Waals surface area contributed by atoms with E-state index in [0.717, 1.165) is 17.0 Å². The maximum atomic E-state index is 12.6. The smallest absolute Gasteiger partial charge is 0.255 e. The van der Waals surface area contributed by atoms with E-state index in [-0.39, 0.29) is 11.9 Å². The molecule has 3 rings (SSSR count). The van der Waals surface area contributed by atoms with Crippen LogP contribution in [0.3, 0.4) is 0 Å². The molecule has 0 fully saturated rings. The maximum absolute atomic E-state index is 12.6. The predicted octanol–water partition coefficient (Wildman–Crippen LogP) is 3.69. The Morgan fingerprint density at radius 3 is 2.36 bits per heavy atom. The third-order valence-electron chi connectivity index (χ3n) is 3.76. The van der Waals surface area contributed by atoms with Crippen molar-refractivity contribution in [2.45, 2.75) is 19.9 Å². The van der Waals surface area contributed by atoms with Crippen LogP contribution in [-0.4, -0.2) is 28.8 Å². The lowest BCUT2D eigenvalue weighted by atomic mass is 10.1. The zero-order valence-corrected chi connectivity index (χ0v) is 14.6. The van der Waals surface area contributed by atoms with E-state index in [9.17, 15) is 4.79 Å². The Morgan fingerprint density at radius 1 is 1.08 bits per heavy atom. The molecule has 0 aliphatic heterocycles. The van der Waals surface area contributed by atoms with E-state index in [1.807, 2.05) is 68.4 Å². The number of rotatable bonds is 5. The Balaban J connectivity index is 2.07. The molecule has 1 heterocycles. The van der Waals surface area contributed by atoms with Crippen LogP contribution in [0.15, 0.2) is 60.8 Å². The molecule has 0 saturated heterocycles. The Labute approximate surface area is 147 Å². The fraction of sp³-hybridized carbons (Fsp3) is 0.200. The number of benzene rings is 2. The van der Waals surface area contributed by atoms with Crippen molar-refractivity contribution < 1.29 is 9.53 Å². The van der Waals surface area contributed by atoms with Gasteiger partial charge in [-0.15, -0.1) is 0 Å². The van der Waals surface area contributed by atoms with Crippen molar-refractivity contribution >= 4 is 5.91 Å². The standard InChI is InChI=1S/C20H21N3O2/c1-14(2)21-20(24)18-13-23(16-7-5-4-6-8-16)22-19(18)15-9-11-17(25-3)12-10-15/h4-14H,1-3H3,(H,21,24). The first kappa shape index (κ1) is 16.8. The molecular weight excluding hydrogens is 314 g/mol. The molecule has 5 heteroatoms. The largest absolute Gasteiger partial charge is 0.497 e. The fourth-order valence-corrected chi connectivity index (χ4v) is 2.56. The van der Waals surface area contributed by atoms with Crippen molar-refractivity contribution in [3.63, 3.8) is 0 Å². The van der Waals surface area contributed by atoms with E-state index >= 15 is 0 Å². The first-order valence-electron chi connectivity index (χ1n) is 8.19. The lowest BCUT2D eigenvalue weighted by Gasteiger charge is -2.08. The third-order valence-corrected chi connectivity index (χ3v) is 3.76. The molecule has 2 aromatic carbocycles. The second-order valence-electron chi connectivity index (χ2n) is 6.03. The van der Waals surface area contributed by atoms with Crippen LogP contribution in [0.2, 0.25) is 0 Å². The number of carbonyl (C=O) groups is 1. The summed E-state index contributed by atoms with van der Waals surface area (Å²) >= 11 is 0. The van der Waals surface area contributed by atoms with Crippen LogP contribution in [0, 0.1) is 0 Å². The first-order chi connectivity index (χ1) is 12.1. The number of carbonyl (C=O) groups excluding carboxylic acids is 1. The summed E-state index contributed by atoms with van der Waals surface area (Å²) in [5.41, 5.74) is 2.96. The minimum Gasteiger partial charge on any atom is -0.497 e. The number of para-hydroxylation sites is 1. The highest BCUT2D eigenvalue weighted by Gasteiger charge is 2.19. The number of ether oxygens (including phenoxy) is 1. The number of aromatic nitrogens is 2. The van der Waals surface area contributed by atoms with Crippen LogP contribution in [0.5, 0.6) is 5.75 Å². The normalized spacial score (nSPS) is 10.7. The monoisotopic (exact) mass is 335 g/mol. The third kappa shape index (κ3) is 3.71. The van der Waals surface area contributed by atoms with Crippen LogP contribution >= 0.6 is 0 Å². The van der Waals surface area contributed by atoms with Crippen LogP contribution < -0.4 is 10.1 Å². The maximum Gasteiger partial charge on any atom is 0.255 e. The van der Waals surface area contributed by atoms with E-state index < -0.39 is 0 Å². The summed E-state index contributed by atoms with van der Waals surface area (Å²) in [5.74, 6) is 0.627. The number of hydrogen-bond donors (Lipinski definition) is 1. The van der Waals surface area contributed by atoms with Gasteiger partial charge < -0.3 is 10.1 Å². The highest BCUT2D eigenvalue weighted by atomic mass is 16.5. The Morgan fingerprint density at radius 2 is 1.76 bits per heavy atom. The summed E-state index contributed by atoms with van der Waals surface area (Å²) in [6.07, 6.45) is 1.77. The van der Waals surface area contributed by atoms with Gasteiger partial charge in [0.05, 0.1) is 18.4 Å². The van der Waals surface area contributed by atoms with E-state index in [0.29, 0.717) is 11.3 Å². The van der Waals surface area contributed by atoms with Crippen LogP contribution in [0.1, 0.15) is 24.2 Å². The molecule has 0 aliphatic rings. The summed E-state index contributed by atoms with van der Waals surface area (Å²) in [7, 11) is 1.63. The molecular formula is C20H21N3O2. The lowest BCUT2D eigenvalue weighted by Crippen LogP contribution is -2.30. The summed E-state index contributed by atoms with van der Waals surface area (Å²) < 4.78 is 6.94. The molecule has 25 heavy (non-hydrogen) atoms. The van der Waals surface area contributed by atoms with Crippen molar-refractivity contribution in [1.82, 2.24) is 15.1 Å². The quantitative estimate of drug-likeness (QED) is 0.774. The van der Waals surface area contributed by atoms with Crippen LogP contribution in [0.25, 0.3) is 16.9 Å². The average Bonchev–Trinajstić information content (AvgIpc) is 3.07. The number of nitrogens with zero attached hydrogens (tertiary/aromatic N) is 2. The molecule has 0 saturated carbocycles. The first-order valence-corrected chi connectivity index (χ1v) is 8.19. The summed E-state index contributed by atoms with van der Waals surface area (Å²) in [5, 5.41) is 7.59. The number of methoxy groups -OCH3 is 1. The van der Waals surface area contributed by atoms with Crippen LogP contribution in [0.4, 0.5) is 0 Å². The lowest BCUT2D eigenvalue weighted by molar-refractivity contribution is 0.0944. The molecule has 3 aromatic rings. The Kier molecular flexibility index (Phi) is 4.84. The molecule has 0 bridgehead atoms. The molecule has 1 N–H and O–H groups in total. The average molecular weight is 335 g/mol. The Bertz CT molecular complexity index is 852. The molecule has 0 atom stereocenters. The number of nitrogens with one attached hydrogen (secondary N) is 1. The number of amides is 1. The van der Waals surface area contributed by atoms with Gasteiger partial charge in [0.2, 0.25) is 0 Å². The molecule has 0 aliphatic carbocycles. The molecule has 1 aromatic heterocycles. The van der Waals surface area contributed by atoms with Gasteiger partial charge in [-0.05, 0) is 50.2 Å². The van der Waals surface area contributed by atoms with Gasteiger partial charge >= 0.3 is 0 Å².